The Morgan fingerprint density at radius 3 is 2.77 bits per heavy atom. The van der Waals surface area contributed by atoms with Crippen LogP contribution < -0.4 is 10.9 Å². The van der Waals surface area contributed by atoms with Crippen LogP contribution in [0.2, 0.25) is 0 Å². The number of fused-ring (bicyclic) bond motifs is 1. The van der Waals surface area contributed by atoms with E-state index in [4.69, 9.17) is 4.74 Å². The summed E-state index contributed by atoms with van der Waals surface area (Å²) in [7, 11) is 0. The lowest BCUT2D eigenvalue weighted by molar-refractivity contribution is 0.0287. The van der Waals surface area contributed by atoms with E-state index in [0.29, 0.717) is 25.3 Å². The van der Waals surface area contributed by atoms with Crippen LogP contribution in [0.15, 0.2) is 59.4 Å². The van der Waals surface area contributed by atoms with E-state index < -0.39 is 6.10 Å². The van der Waals surface area contributed by atoms with Crippen molar-refractivity contribution in [2.24, 2.45) is 0 Å². The normalized spacial score (nSPS) is 12.4. The molecule has 0 amide bonds. The van der Waals surface area contributed by atoms with Gasteiger partial charge in [0.25, 0.3) is 5.56 Å². The van der Waals surface area contributed by atoms with Crippen molar-refractivity contribution in [3.8, 4) is 0 Å². The number of rotatable bonds is 8. The number of para-hydroxylation sites is 1. The highest BCUT2D eigenvalue weighted by molar-refractivity contribution is 5.81. The molecule has 0 aliphatic carbocycles. The molecule has 0 spiro atoms. The van der Waals surface area contributed by atoms with Gasteiger partial charge in [0.1, 0.15) is 0 Å². The van der Waals surface area contributed by atoms with Gasteiger partial charge in [0.15, 0.2) is 0 Å². The van der Waals surface area contributed by atoms with Crippen LogP contribution in [0, 0.1) is 6.92 Å². The quantitative estimate of drug-likeness (QED) is 0.582. The fourth-order valence-electron chi connectivity index (χ4n) is 2.88. The molecule has 5 nitrogen and oxygen atoms in total. The van der Waals surface area contributed by atoms with Gasteiger partial charge in [-0.2, -0.15) is 0 Å². The molecule has 0 aliphatic rings. The van der Waals surface area contributed by atoms with E-state index >= 15 is 0 Å². The Hall–Kier alpha value is -2.47. The van der Waals surface area contributed by atoms with Crippen LogP contribution in [-0.4, -0.2) is 29.3 Å². The second kappa shape index (κ2) is 8.76. The fraction of sp³-hybridized carbons (Fsp3) is 0.286. The number of benzene rings is 2. The molecule has 0 saturated heterocycles. The zero-order chi connectivity index (χ0) is 18.4. The third kappa shape index (κ3) is 4.79. The number of hydrogen-bond donors (Lipinski definition) is 3. The van der Waals surface area contributed by atoms with Crippen molar-refractivity contribution < 1.29 is 9.84 Å². The summed E-state index contributed by atoms with van der Waals surface area (Å²) in [5, 5.41) is 14.1. The lowest BCUT2D eigenvalue weighted by atomic mass is 10.1. The summed E-state index contributed by atoms with van der Waals surface area (Å²) in [6.45, 7) is 3.45. The summed E-state index contributed by atoms with van der Waals surface area (Å²) in [4.78, 5) is 15.1. The molecule has 26 heavy (non-hydrogen) atoms. The molecule has 1 aromatic heterocycles. The summed E-state index contributed by atoms with van der Waals surface area (Å²) in [6.07, 6.45) is -0.625. The first-order valence-corrected chi connectivity index (χ1v) is 8.75. The zero-order valence-electron chi connectivity index (χ0n) is 14.9. The minimum Gasteiger partial charge on any atom is -0.389 e. The average Bonchev–Trinajstić information content (AvgIpc) is 2.64. The molecule has 1 heterocycles. The van der Waals surface area contributed by atoms with E-state index in [1.165, 1.54) is 0 Å². The molecule has 0 fully saturated rings. The Labute approximate surface area is 152 Å². The second-order valence-electron chi connectivity index (χ2n) is 6.45. The summed E-state index contributed by atoms with van der Waals surface area (Å²) >= 11 is 0. The van der Waals surface area contributed by atoms with Crippen molar-refractivity contribution in [2.45, 2.75) is 26.2 Å². The number of aromatic nitrogens is 1. The first kappa shape index (κ1) is 18.3. The van der Waals surface area contributed by atoms with Crippen molar-refractivity contribution in [3.05, 3.63) is 81.6 Å². The van der Waals surface area contributed by atoms with Crippen LogP contribution >= 0.6 is 0 Å². The maximum atomic E-state index is 12.2. The van der Waals surface area contributed by atoms with Crippen LogP contribution in [0.1, 0.15) is 16.7 Å². The lowest BCUT2D eigenvalue weighted by Crippen LogP contribution is -2.31. The van der Waals surface area contributed by atoms with E-state index in [1.54, 1.807) is 0 Å². The van der Waals surface area contributed by atoms with Crippen molar-refractivity contribution >= 4 is 10.9 Å². The zero-order valence-corrected chi connectivity index (χ0v) is 14.9. The largest absolute Gasteiger partial charge is 0.389 e. The standard InChI is InChI=1S/C21H24N2O3/c1-15-6-5-9-17-10-18(21(25)23-20(15)17)11-22-12-19(24)14-26-13-16-7-3-2-4-8-16/h2-10,19,22,24H,11-14H2,1H3,(H,23,25). The highest BCUT2D eigenvalue weighted by Crippen LogP contribution is 2.14. The van der Waals surface area contributed by atoms with Gasteiger partial charge in [0.2, 0.25) is 0 Å². The topological polar surface area (TPSA) is 74.3 Å². The van der Waals surface area contributed by atoms with Crippen molar-refractivity contribution in [1.29, 1.82) is 0 Å². The van der Waals surface area contributed by atoms with E-state index in [-0.39, 0.29) is 12.2 Å². The maximum Gasteiger partial charge on any atom is 0.252 e. The average molecular weight is 352 g/mol. The number of aliphatic hydroxyl groups excluding tert-OH is 1. The number of aliphatic hydroxyl groups is 1. The highest BCUT2D eigenvalue weighted by Gasteiger charge is 2.07. The molecular formula is C21H24N2O3. The molecule has 3 rings (SSSR count). The molecular weight excluding hydrogens is 328 g/mol. The number of nitrogens with one attached hydrogen (secondary N) is 2. The van der Waals surface area contributed by atoms with Gasteiger partial charge in [0, 0.05) is 18.7 Å². The van der Waals surface area contributed by atoms with Crippen LogP contribution in [0.5, 0.6) is 0 Å². The fourth-order valence-corrected chi connectivity index (χ4v) is 2.88. The molecule has 0 bridgehead atoms. The predicted octanol–water partition coefficient (Wildman–Crippen LogP) is 2.50. The number of H-pyrrole nitrogens is 1. The van der Waals surface area contributed by atoms with Crippen LogP contribution in [0.25, 0.3) is 10.9 Å². The Morgan fingerprint density at radius 2 is 1.96 bits per heavy atom. The van der Waals surface area contributed by atoms with Gasteiger partial charge in [-0.3, -0.25) is 4.79 Å². The van der Waals surface area contributed by atoms with Gasteiger partial charge < -0.3 is 20.1 Å². The minimum absolute atomic E-state index is 0.103. The molecule has 3 aromatic rings. The van der Waals surface area contributed by atoms with Gasteiger partial charge in [-0.1, -0.05) is 48.5 Å². The van der Waals surface area contributed by atoms with Crippen LogP contribution in [0.4, 0.5) is 0 Å². The molecule has 1 unspecified atom stereocenters. The predicted molar refractivity (Wildman–Crippen MR) is 103 cm³/mol. The van der Waals surface area contributed by atoms with Gasteiger partial charge in [-0.25, -0.2) is 0 Å². The lowest BCUT2D eigenvalue weighted by Gasteiger charge is -2.13. The SMILES string of the molecule is Cc1cccc2cc(CNCC(O)COCc3ccccc3)c(=O)[nH]c12. The Kier molecular flexibility index (Phi) is 6.17. The third-order valence-corrected chi connectivity index (χ3v) is 4.28. The number of aryl methyl sites for hydroxylation is 1. The Balaban J connectivity index is 1.47. The van der Waals surface area contributed by atoms with Crippen molar-refractivity contribution in [2.75, 3.05) is 13.2 Å². The smallest absolute Gasteiger partial charge is 0.252 e. The maximum absolute atomic E-state index is 12.2. The molecule has 0 saturated carbocycles. The van der Waals surface area contributed by atoms with Crippen molar-refractivity contribution in [1.82, 2.24) is 10.3 Å². The number of aromatic amines is 1. The molecule has 1 atom stereocenters. The first-order valence-electron chi connectivity index (χ1n) is 8.75. The van der Waals surface area contributed by atoms with Gasteiger partial charge in [-0.05, 0) is 29.5 Å². The van der Waals surface area contributed by atoms with E-state index in [2.05, 4.69) is 10.3 Å². The van der Waals surface area contributed by atoms with Crippen LogP contribution in [0.3, 0.4) is 0 Å². The Bertz CT molecular complexity index is 906. The number of ether oxygens (including phenoxy) is 1. The molecule has 136 valence electrons. The number of pyridine rings is 1. The molecule has 0 aliphatic heterocycles. The molecule has 0 radical (unpaired) electrons. The highest BCUT2D eigenvalue weighted by atomic mass is 16.5. The minimum atomic E-state index is -0.625. The third-order valence-electron chi connectivity index (χ3n) is 4.28. The monoisotopic (exact) mass is 352 g/mol. The second-order valence-corrected chi connectivity index (χ2v) is 6.45. The van der Waals surface area contributed by atoms with Gasteiger partial charge in [0.05, 0.1) is 24.8 Å². The van der Waals surface area contributed by atoms with Gasteiger partial charge >= 0.3 is 0 Å². The number of hydrogen-bond acceptors (Lipinski definition) is 4. The van der Waals surface area contributed by atoms with Crippen molar-refractivity contribution in [3.63, 3.8) is 0 Å². The first-order chi connectivity index (χ1) is 12.6. The summed E-state index contributed by atoms with van der Waals surface area (Å²) in [5.74, 6) is 0. The Morgan fingerprint density at radius 1 is 1.15 bits per heavy atom. The molecule has 2 aromatic carbocycles. The van der Waals surface area contributed by atoms with E-state index in [1.807, 2.05) is 61.5 Å². The van der Waals surface area contributed by atoms with E-state index in [0.717, 1.165) is 22.0 Å². The summed E-state index contributed by atoms with van der Waals surface area (Å²) in [5.41, 5.74) is 3.54. The summed E-state index contributed by atoms with van der Waals surface area (Å²) < 4.78 is 5.52. The summed E-state index contributed by atoms with van der Waals surface area (Å²) in [6, 6.07) is 17.7. The van der Waals surface area contributed by atoms with E-state index in [9.17, 15) is 9.90 Å². The van der Waals surface area contributed by atoms with Gasteiger partial charge in [-0.15, -0.1) is 0 Å². The molecule has 5 heteroatoms. The van der Waals surface area contributed by atoms with Crippen LogP contribution in [-0.2, 0) is 17.9 Å². The molecule has 3 N–H and O–H groups in total.